The summed E-state index contributed by atoms with van der Waals surface area (Å²) < 4.78 is 26.6. The van der Waals surface area contributed by atoms with E-state index in [0.717, 1.165) is 10.9 Å². The number of hydrogen-bond donors (Lipinski definition) is 1. The molecule has 0 unspecified atom stereocenters. The Kier molecular flexibility index (Phi) is 5.09. The minimum atomic E-state index is -2.17. The Balaban J connectivity index is 1.63. The third-order valence-electron chi connectivity index (χ3n) is 5.38. The maximum atomic E-state index is 14.4. The van der Waals surface area contributed by atoms with Gasteiger partial charge in [0, 0.05) is 37.2 Å². The molecule has 150 valence electrons. The summed E-state index contributed by atoms with van der Waals surface area (Å²) in [5.41, 5.74) is 1.11. The molecular formula is C21H21FN3O3P. The average Bonchev–Trinajstić information content (AvgIpc) is 2.71. The number of benzene rings is 2. The molecule has 0 atom stereocenters. The maximum absolute atomic E-state index is 14.4. The number of amides is 1. The van der Waals surface area contributed by atoms with Gasteiger partial charge >= 0.3 is 0 Å². The van der Waals surface area contributed by atoms with Gasteiger partial charge in [-0.15, -0.1) is 0 Å². The van der Waals surface area contributed by atoms with Crippen LogP contribution in [0.2, 0.25) is 0 Å². The van der Waals surface area contributed by atoms with Gasteiger partial charge in [0.25, 0.3) is 11.5 Å². The monoisotopic (exact) mass is 413 g/mol. The van der Waals surface area contributed by atoms with E-state index in [2.05, 4.69) is 10.2 Å². The Hall–Kier alpha value is -2.79. The number of halogens is 1. The normalized spacial score (nSPS) is 16.1. The highest BCUT2D eigenvalue weighted by atomic mass is 31.2. The molecule has 1 amide bonds. The van der Waals surface area contributed by atoms with Gasteiger partial charge in [0.05, 0.1) is 23.8 Å². The first kappa shape index (κ1) is 19.5. The van der Waals surface area contributed by atoms with Gasteiger partial charge in [0.15, 0.2) is 0 Å². The van der Waals surface area contributed by atoms with Gasteiger partial charge in [-0.1, -0.05) is 24.3 Å². The highest BCUT2D eigenvalue weighted by Gasteiger charge is 2.28. The van der Waals surface area contributed by atoms with E-state index in [1.165, 1.54) is 6.07 Å². The van der Waals surface area contributed by atoms with E-state index in [0.29, 0.717) is 42.9 Å². The molecule has 0 saturated carbocycles. The van der Waals surface area contributed by atoms with Crippen LogP contribution in [0.3, 0.4) is 0 Å². The Morgan fingerprint density at radius 1 is 1.17 bits per heavy atom. The zero-order chi connectivity index (χ0) is 20.6. The average molecular weight is 413 g/mol. The van der Waals surface area contributed by atoms with Crippen molar-refractivity contribution in [2.45, 2.75) is 6.42 Å². The Morgan fingerprint density at radius 2 is 1.86 bits per heavy atom. The lowest BCUT2D eigenvalue weighted by Crippen LogP contribution is -2.39. The minimum Gasteiger partial charge on any atom is -0.338 e. The van der Waals surface area contributed by atoms with Gasteiger partial charge in [0.1, 0.15) is 5.82 Å². The lowest BCUT2D eigenvalue weighted by atomic mass is 10.0. The van der Waals surface area contributed by atoms with Crippen LogP contribution in [0, 0.1) is 5.82 Å². The van der Waals surface area contributed by atoms with Crippen molar-refractivity contribution in [3.8, 4) is 0 Å². The Labute approximate surface area is 167 Å². The molecular weight excluding hydrogens is 392 g/mol. The largest absolute Gasteiger partial charge is 0.338 e. The second kappa shape index (κ2) is 7.56. The molecule has 1 aromatic heterocycles. The summed E-state index contributed by atoms with van der Waals surface area (Å²) in [6.45, 7) is 2.50. The van der Waals surface area contributed by atoms with Crippen molar-refractivity contribution in [2.24, 2.45) is 0 Å². The molecule has 29 heavy (non-hydrogen) atoms. The molecule has 0 radical (unpaired) electrons. The summed E-state index contributed by atoms with van der Waals surface area (Å²) in [7, 11) is -2.17. The third-order valence-corrected chi connectivity index (χ3v) is 7.67. The summed E-state index contributed by atoms with van der Waals surface area (Å²) in [4.78, 5) is 26.3. The molecule has 0 aliphatic carbocycles. The molecule has 1 saturated heterocycles. The van der Waals surface area contributed by atoms with Crippen LogP contribution in [0.1, 0.15) is 21.6 Å². The lowest BCUT2D eigenvalue weighted by molar-refractivity contribution is 0.0765. The SMILES string of the molecule is CP1(=O)CCN(C(=O)c2cc(Cc3n[nH]c(=O)c4ccccc34)ccc2F)CC1. The summed E-state index contributed by atoms with van der Waals surface area (Å²) in [5, 5.41) is 7.90. The predicted octanol–water partition coefficient (Wildman–Crippen LogP) is 3.10. The minimum absolute atomic E-state index is 0.00376. The van der Waals surface area contributed by atoms with E-state index in [4.69, 9.17) is 0 Å². The summed E-state index contributed by atoms with van der Waals surface area (Å²) in [6, 6.07) is 11.6. The fourth-order valence-corrected chi connectivity index (χ4v) is 5.16. The molecule has 1 aliphatic rings. The number of aromatic amines is 1. The maximum Gasteiger partial charge on any atom is 0.272 e. The first-order valence-electron chi connectivity index (χ1n) is 9.44. The predicted molar refractivity (Wildman–Crippen MR) is 111 cm³/mol. The second-order valence-electron chi connectivity index (χ2n) is 7.57. The molecule has 8 heteroatoms. The van der Waals surface area contributed by atoms with Crippen LogP contribution in [-0.4, -0.2) is 53.1 Å². The molecule has 1 fully saturated rings. The number of hydrogen-bond acceptors (Lipinski definition) is 4. The molecule has 2 heterocycles. The van der Waals surface area contributed by atoms with Gasteiger partial charge in [-0.25, -0.2) is 9.49 Å². The number of nitrogens with zero attached hydrogens (tertiary/aromatic N) is 2. The zero-order valence-corrected chi connectivity index (χ0v) is 16.9. The number of H-pyrrole nitrogens is 1. The van der Waals surface area contributed by atoms with Gasteiger partial charge in [-0.05, 0) is 30.4 Å². The fourth-order valence-electron chi connectivity index (χ4n) is 3.61. The van der Waals surface area contributed by atoms with Crippen molar-refractivity contribution in [1.29, 1.82) is 0 Å². The van der Waals surface area contributed by atoms with Crippen molar-refractivity contribution in [1.82, 2.24) is 15.1 Å². The first-order chi connectivity index (χ1) is 13.8. The van der Waals surface area contributed by atoms with Gasteiger partial charge in [-0.2, -0.15) is 5.10 Å². The van der Waals surface area contributed by atoms with Crippen LogP contribution in [0.4, 0.5) is 4.39 Å². The molecule has 1 N–H and O–H groups in total. The van der Waals surface area contributed by atoms with Crippen molar-refractivity contribution in [2.75, 3.05) is 32.1 Å². The standard InChI is InChI=1S/C21H21FN3O3P/c1-29(28)10-8-25(9-11-29)21(27)17-12-14(6-7-18(17)22)13-19-15-4-2-3-5-16(15)20(26)24-23-19/h2-7,12H,8-11,13H2,1H3,(H,24,26). The van der Waals surface area contributed by atoms with Crippen molar-refractivity contribution in [3.05, 3.63) is 75.5 Å². The summed E-state index contributed by atoms with van der Waals surface area (Å²) >= 11 is 0. The third kappa shape index (κ3) is 4.01. The van der Waals surface area contributed by atoms with E-state index < -0.39 is 13.0 Å². The van der Waals surface area contributed by atoms with Crippen molar-refractivity contribution in [3.63, 3.8) is 0 Å². The quantitative estimate of drug-likeness (QED) is 0.669. The van der Waals surface area contributed by atoms with Gasteiger partial charge in [-0.3, -0.25) is 9.59 Å². The molecule has 0 bridgehead atoms. The number of nitrogens with one attached hydrogen (secondary N) is 1. The number of carbonyl (C=O) groups is 1. The van der Waals surface area contributed by atoms with Gasteiger partial charge in [0.2, 0.25) is 0 Å². The van der Waals surface area contributed by atoms with E-state index in [9.17, 15) is 18.5 Å². The summed E-state index contributed by atoms with van der Waals surface area (Å²) in [5.74, 6) is -0.966. The first-order valence-corrected chi connectivity index (χ1v) is 12.0. The molecule has 1 aliphatic heterocycles. The molecule has 0 spiro atoms. The zero-order valence-electron chi connectivity index (χ0n) is 16.0. The van der Waals surface area contributed by atoms with Crippen LogP contribution in [-0.2, 0) is 11.0 Å². The van der Waals surface area contributed by atoms with Crippen LogP contribution in [0.25, 0.3) is 10.8 Å². The molecule has 4 rings (SSSR count). The Morgan fingerprint density at radius 3 is 2.59 bits per heavy atom. The molecule has 3 aromatic rings. The second-order valence-corrected chi connectivity index (χ2v) is 11.1. The van der Waals surface area contributed by atoms with Crippen molar-refractivity contribution >= 4 is 23.8 Å². The molecule has 2 aromatic carbocycles. The van der Waals surface area contributed by atoms with E-state index in [1.54, 1.807) is 35.8 Å². The number of rotatable bonds is 3. The summed E-state index contributed by atoms with van der Waals surface area (Å²) in [6.07, 6.45) is 1.28. The van der Waals surface area contributed by atoms with E-state index in [1.807, 2.05) is 12.1 Å². The van der Waals surface area contributed by atoms with Crippen LogP contribution >= 0.6 is 7.14 Å². The van der Waals surface area contributed by atoms with Crippen LogP contribution in [0.15, 0.2) is 47.3 Å². The van der Waals surface area contributed by atoms with Crippen LogP contribution in [0.5, 0.6) is 0 Å². The lowest BCUT2D eigenvalue weighted by Gasteiger charge is -2.30. The Bertz CT molecular complexity index is 1200. The molecule has 6 nitrogen and oxygen atoms in total. The number of carbonyl (C=O) groups excluding carboxylic acids is 1. The topological polar surface area (TPSA) is 83.1 Å². The number of aromatic nitrogens is 2. The van der Waals surface area contributed by atoms with E-state index >= 15 is 0 Å². The van der Waals surface area contributed by atoms with Gasteiger partial charge < -0.3 is 9.46 Å². The smallest absolute Gasteiger partial charge is 0.272 e. The highest BCUT2D eigenvalue weighted by Crippen LogP contribution is 2.43. The number of fused-ring (bicyclic) bond motifs is 1. The van der Waals surface area contributed by atoms with Crippen molar-refractivity contribution < 1.29 is 13.8 Å². The fraction of sp³-hybridized carbons (Fsp3) is 0.286. The van der Waals surface area contributed by atoms with E-state index in [-0.39, 0.29) is 17.0 Å². The van der Waals surface area contributed by atoms with Crippen LogP contribution < -0.4 is 5.56 Å². The highest BCUT2D eigenvalue weighted by molar-refractivity contribution is 7.63.